The van der Waals surface area contributed by atoms with Gasteiger partial charge in [0.25, 0.3) is 0 Å². The fourth-order valence-corrected chi connectivity index (χ4v) is 2.31. The Morgan fingerprint density at radius 2 is 1.89 bits per heavy atom. The van der Waals surface area contributed by atoms with E-state index in [2.05, 4.69) is 5.10 Å². The summed E-state index contributed by atoms with van der Waals surface area (Å²) in [5.74, 6) is -0.237. The van der Waals surface area contributed by atoms with Crippen LogP contribution in [-0.4, -0.2) is 14.9 Å². The molecular weight excluding hydrogens is 243 g/mol. The quantitative estimate of drug-likeness (QED) is 0.919. The summed E-state index contributed by atoms with van der Waals surface area (Å²) in [6.45, 7) is 6.39. The van der Waals surface area contributed by atoms with Crippen LogP contribution in [0.1, 0.15) is 42.0 Å². The van der Waals surface area contributed by atoms with Gasteiger partial charge in [0.2, 0.25) is 0 Å². The van der Waals surface area contributed by atoms with Gasteiger partial charge in [0.1, 0.15) is 5.82 Å². The highest BCUT2D eigenvalue weighted by Crippen LogP contribution is 2.24. The molecule has 1 N–H and O–H groups in total. The minimum absolute atomic E-state index is 0.237. The van der Waals surface area contributed by atoms with Gasteiger partial charge in [-0.15, -0.1) is 0 Å². The summed E-state index contributed by atoms with van der Waals surface area (Å²) in [5, 5.41) is 14.5. The van der Waals surface area contributed by atoms with Gasteiger partial charge in [-0.25, -0.2) is 4.39 Å². The summed E-state index contributed by atoms with van der Waals surface area (Å²) in [5.41, 5.74) is 3.72. The van der Waals surface area contributed by atoms with Crippen molar-refractivity contribution in [2.45, 2.75) is 39.8 Å². The van der Waals surface area contributed by atoms with Crippen LogP contribution in [0.25, 0.3) is 0 Å². The first kappa shape index (κ1) is 13.7. The fraction of sp³-hybridized carbons (Fsp3) is 0.400. The first-order valence-corrected chi connectivity index (χ1v) is 6.49. The standard InChI is InChI=1S/C15H19FN2O/c1-4-14(19)15-10(2)17-18(11(15)3)9-12-5-7-13(16)8-6-12/h5-8,14,19H,4,9H2,1-3H3. The third kappa shape index (κ3) is 2.84. The van der Waals surface area contributed by atoms with Crippen LogP contribution < -0.4 is 0 Å². The van der Waals surface area contributed by atoms with Crippen LogP contribution in [0.5, 0.6) is 0 Å². The van der Waals surface area contributed by atoms with Gasteiger partial charge < -0.3 is 5.11 Å². The third-order valence-electron chi connectivity index (χ3n) is 3.40. The Morgan fingerprint density at radius 3 is 2.47 bits per heavy atom. The molecule has 1 aromatic heterocycles. The average Bonchev–Trinajstić information content (AvgIpc) is 2.66. The molecule has 0 radical (unpaired) electrons. The molecule has 4 heteroatoms. The molecule has 1 unspecified atom stereocenters. The number of nitrogens with zero attached hydrogens (tertiary/aromatic N) is 2. The molecule has 0 saturated carbocycles. The van der Waals surface area contributed by atoms with E-state index >= 15 is 0 Å². The topological polar surface area (TPSA) is 38.1 Å². The highest BCUT2D eigenvalue weighted by molar-refractivity contribution is 5.28. The lowest BCUT2D eigenvalue weighted by Gasteiger charge is -2.09. The Hall–Kier alpha value is -1.68. The van der Waals surface area contributed by atoms with Crippen LogP contribution in [0.2, 0.25) is 0 Å². The molecule has 0 fully saturated rings. The number of aromatic nitrogens is 2. The van der Waals surface area contributed by atoms with Crippen LogP contribution in [0.15, 0.2) is 24.3 Å². The number of hydrogen-bond acceptors (Lipinski definition) is 2. The van der Waals surface area contributed by atoms with Crippen molar-refractivity contribution < 1.29 is 9.50 Å². The van der Waals surface area contributed by atoms with Gasteiger partial charge in [-0.2, -0.15) is 5.10 Å². The third-order valence-corrected chi connectivity index (χ3v) is 3.40. The van der Waals surface area contributed by atoms with Crippen LogP contribution in [-0.2, 0) is 6.54 Å². The predicted octanol–water partition coefficient (Wildman–Crippen LogP) is 3.13. The number of aliphatic hydroxyl groups excluding tert-OH is 1. The summed E-state index contributed by atoms with van der Waals surface area (Å²) in [6, 6.07) is 6.40. The Morgan fingerprint density at radius 1 is 1.26 bits per heavy atom. The minimum atomic E-state index is -0.470. The first-order chi connectivity index (χ1) is 9.02. The lowest BCUT2D eigenvalue weighted by Crippen LogP contribution is -2.05. The maximum absolute atomic E-state index is 12.9. The molecule has 0 bridgehead atoms. The van der Waals surface area contributed by atoms with Crippen LogP contribution in [0.3, 0.4) is 0 Å². The second-order valence-electron chi connectivity index (χ2n) is 4.79. The monoisotopic (exact) mass is 262 g/mol. The molecule has 1 heterocycles. The lowest BCUT2D eigenvalue weighted by atomic mass is 10.1. The lowest BCUT2D eigenvalue weighted by molar-refractivity contribution is 0.172. The Bertz CT molecular complexity index is 560. The molecule has 0 aliphatic carbocycles. The zero-order valence-corrected chi connectivity index (χ0v) is 11.5. The van der Waals surface area contributed by atoms with E-state index in [0.29, 0.717) is 13.0 Å². The molecule has 3 nitrogen and oxygen atoms in total. The summed E-state index contributed by atoms with van der Waals surface area (Å²) in [4.78, 5) is 0. The van der Waals surface area contributed by atoms with Gasteiger partial charge in [0.15, 0.2) is 0 Å². The summed E-state index contributed by atoms with van der Waals surface area (Å²) >= 11 is 0. The maximum Gasteiger partial charge on any atom is 0.123 e. The number of hydrogen-bond donors (Lipinski definition) is 1. The van der Waals surface area contributed by atoms with E-state index in [0.717, 1.165) is 22.5 Å². The van der Waals surface area contributed by atoms with Crippen LogP contribution in [0.4, 0.5) is 4.39 Å². The van der Waals surface area contributed by atoms with E-state index in [4.69, 9.17) is 0 Å². The zero-order valence-electron chi connectivity index (χ0n) is 11.5. The molecule has 102 valence electrons. The SMILES string of the molecule is CCC(O)c1c(C)nn(Cc2ccc(F)cc2)c1C. The summed E-state index contributed by atoms with van der Waals surface area (Å²) in [7, 11) is 0. The van der Waals surface area contributed by atoms with E-state index < -0.39 is 6.10 Å². The molecule has 0 saturated heterocycles. The number of aliphatic hydroxyl groups is 1. The van der Waals surface area contributed by atoms with E-state index in [1.807, 2.05) is 25.5 Å². The molecule has 0 aliphatic heterocycles. The summed E-state index contributed by atoms with van der Waals surface area (Å²) < 4.78 is 14.7. The van der Waals surface area contributed by atoms with Crippen molar-refractivity contribution in [2.24, 2.45) is 0 Å². The van der Waals surface area contributed by atoms with Gasteiger partial charge in [0.05, 0.1) is 18.3 Å². The first-order valence-electron chi connectivity index (χ1n) is 6.49. The molecule has 1 atom stereocenters. The smallest absolute Gasteiger partial charge is 0.123 e. The fourth-order valence-electron chi connectivity index (χ4n) is 2.31. The van der Waals surface area contributed by atoms with Crippen molar-refractivity contribution in [1.82, 2.24) is 9.78 Å². The van der Waals surface area contributed by atoms with Gasteiger partial charge in [-0.3, -0.25) is 4.68 Å². The van der Waals surface area contributed by atoms with Gasteiger partial charge in [-0.05, 0) is 38.0 Å². The number of rotatable bonds is 4. The van der Waals surface area contributed by atoms with E-state index in [1.54, 1.807) is 12.1 Å². The number of aryl methyl sites for hydroxylation is 1. The van der Waals surface area contributed by atoms with E-state index in [-0.39, 0.29) is 5.82 Å². The number of halogens is 1. The molecule has 0 aliphatic rings. The van der Waals surface area contributed by atoms with Gasteiger partial charge >= 0.3 is 0 Å². The van der Waals surface area contributed by atoms with Gasteiger partial charge in [0, 0.05) is 11.3 Å². The molecule has 0 spiro atoms. The molecule has 19 heavy (non-hydrogen) atoms. The van der Waals surface area contributed by atoms with Gasteiger partial charge in [-0.1, -0.05) is 19.1 Å². The molecule has 2 aromatic rings. The zero-order chi connectivity index (χ0) is 14.0. The Balaban J connectivity index is 2.29. The molecule has 0 amide bonds. The van der Waals surface area contributed by atoms with Crippen LogP contribution in [0, 0.1) is 19.7 Å². The molecule has 1 aromatic carbocycles. The largest absolute Gasteiger partial charge is 0.388 e. The summed E-state index contributed by atoms with van der Waals surface area (Å²) in [6.07, 6.45) is 0.200. The Labute approximate surface area is 112 Å². The van der Waals surface area contributed by atoms with Crippen molar-refractivity contribution in [3.63, 3.8) is 0 Å². The normalized spacial score (nSPS) is 12.7. The number of benzene rings is 1. The van der Waals surface area contributed by atoms with Crippen molar-refractivity contribution in [2.75, 3.05) is 0 Å². The van der Waals surface area contributed by atoms with Crippen molar-refractivity contribution in [3.8, 4) is 0 Å². The second-order valence-corrected chi connectivity index (χ2v) is 4.79. The van der Waals surface area contributed by atoms with Crippen molar-refractivity contribution in [3.05, 3.63) is 52.6 Å². The predicted molar refractivity (Wildman–Crippen MR) is 72.5 cm³/mol. The average molecular weight is 262 g/mol. The van der Waals surface area contributed by atoms with Crippen molar-refractivity contribution in [1.29, 1.82) is 0 Å². The minimum Gasteiger partial charge on any atom is -0.388 e. The molecular formula is C15H19FN2O. The van der Waals surface area contributed by atoms with Crippen LogP contribution >= 0.6 is 0 Å². The van der Waals surface area contributed by atoms with E-state index in [9.17, 15) is 9.50 Å². The molecule has 2 rings (SSSR count). The maximum atomic E-state index is 12.9. The van der Waals surface area contributed by atoms with E-state index in [1.165, 1.54) is 12.1 Å². The van der Waals surface area contributed by atoms with Crippen molar-refractivity contribution >= 4 is 0 Å². The Kier molecular flexibility index (Phi) is 4.00. The highest BCUT2D eigenvalue weighted by atomic mass is 19.1. The highest BCUT2D eigenvalue weighted by Gasteiger charge is 2.17. The second kappa shape index (κ2) is 5.53.